The minimum Gasteiger partial charge on any atom is -0.449 e. The van der Waals surface area contributed by atoms with Gasteiger partial charge in [-0.15, -0.1) is 0 Å². The first-order valence-corrected chi connectivity index (χ1v) is 6.39. The van der Waals surface area contributed by atoms with Gasteiger partial charge in [0.2, 0.25) is 0 Å². The molecule has 2 rings (SSSR count). The van der Waals surface area contributed by atoms with Gasteiger partial charge < -0.3 is 14.0 Å². The van der Waals surface area contributed by atoms with E-state index in [2.05, 4.69) is 9.46 Å². The zero-order valence-electron chi connectivity index (χ0n) is 9.63. The first-order chi connectivity index (χ1) is 8.20. The second-order valence-electron chi connectivity index (χ2n) is 4.29. The molecule has 0 aliphatic carbocycles. The Morgan fingerprint density at radius 2 is 2.11 bits per heavy atom. The maximum Gasteiger partial charge on any atom is 0.511 e. The van der Waals surface area contributed by atoms with E-state index in [-0.39, 0.29) is 11.5 Å². The molecule has 1 aromatic rings. The Bertz CT molecular complexity index is 607. The van der Waals surface area contributed by atoms with Crippen LogP contribution in [-0.2, 0) is 15.8 Å². The highest BCUT2D eigenvalue weighted by Gasteiger charge is 2.36. The summed E-state index contributed by atoms with van der Waals surface area (Å²) in [4.78, 5) is 10.4. The van der Waals surface area contributed by atoms with E-state index in [4.69, 9.17) is 9.29 Å². The van der Waals surface area contributed by atoms with Gasteiger partial charge >= 0.3 is 16.5 Å². The number of carboxylic acid groups (broad SMARTS) is 1. The predicted octanol–water partition coefficient (Wildman–Crippen LogP) is 1.21. The summed E-state index contributed by atoms with van der Waals surface area (Å²) < 4.78 is 34.5. The third-order valence-electron chi connectivity index (χ3n) is 2.41. The molecule has 1 aromatic carbocycles. The zero-order valence-corrected chi connectivity index (χ0v) is 10.4. The van der Waals surface area contributed by atoms with Crippen molar-refractivity contribution in [3.63, 3.8) is 0 Å². The molecule has 0 saturated heterocycles. The Morgan fingerprint density at radius 1 is 1.44 bits per heavy atom. The Morgan fingerprint density at radius 3 is 2.72 bits per heavy atom. The van der Waals surface area contributed by atoms with Crippen molar-refractivity contribution in [2.45, 2.75) is 19.4 Å². The summed E-state index contributed by atoms with van der Waals surface area (Å²) in [5.41, 5.74) is -0.246. The van der Waals surface area contributed by atoms with Crippen LogP contribution in [0, 0.1) is 0 Å². The van der Waals surface area contributed by atoms with Crippen molar-refractivity contribution in [2.24, 2.45) is 0 Å². The van der Waals surface area contributed by atoms with Gasteiger partial charge in [0.15, 0.2) is 5.75 Å². The summed E-state index contributed by atoms with van der Waals surface area (Å²) in [5.74, 6) is 0.0478. The highest BCUT2D eigenvalue weighted by molar-refractivity contribution is 7.85. The highest BCUT2D eigenvalue weighted by atomic mass is 32.2. The summed E-state index contributed by atoms with van der Waals surface area (Å²) in [7, 11) is -3.90. The second kappa shape index (κ2) is 3.85. The Kier molecular flexibility index (Phi) is 2.71. The van der Waals surface area contributed by atoms with E-state index >= 15 is 0 Å². The number of hydrogen-bond acceptors (Lipinski definition) is 5. The van der Waals surface area contributed by atoms with Gasteiger partial charge in [-0.2, -0.15) is 13.1 Å². The summed E-state index contributed by atoms with van der Waals surface area (Å²) in [6, 6.07) is 4.20. The normalized spacial score (nSPS) is 19.4. The lowest BCUT2D eigenvalue weighted by Crippen LogP contribution is -2.46. The molecule has 0 spiro atoms. The fourth-order valence-electron chi connectivity index (χ4n) is 1.76. The lowest BCUT2D eigenvalue weighted by atomic mass is 9.94. The van der Waals surface area contributed by atoms with Crippen LogP contribution < -0.4 is 13.6 Å². The third kappa shape index (κ3) is 2.39. The molecular formula is C10H11NO6S. The largest absolute Gasteiger partial charge is 0.511 e. The fraction of sp³-hybridized carbons (Fsp3) is 0.300. The predicted molar refractivity (Wildman–Crippen MR) is 60.8 cm³/mol. The van der Waals surface area contributed by atoms with Crippen LogP contribution in [0.25, 0.3) is 0 Å². The van der Waals surface area contributed by atoms with Crippen LogP contribution >= 0.6 is 0 Å². The van der Waals surface area contributed by atoms with Crippen LogP contribution in [0.1, 0.15) is 19.4 Å². The Hall–Kier alpha value is -1.80. The maximum absolute atomic E-state index is 11.5. The van der Waals surface area contributed by atoms with Crippen molar-refractivity contribution in [1.29, 1.82) is 0 Å². The van der Waals surface area contributed by atoms with E-state index in [0.717, 1.165) is 0 Å². The molecule has 0 radical (unpaired) electrons. The average molecular weight is 273 g/mol. The average Bonchev–Trinajstić information content (AvgIpc) is 2.11. The number of nitrogens with one attached hydrogen (secondary N) is 1. The van der Waals surface area contributed by atoms with Crippen LogP contribution in [0.3, 0.4) is 0 Å². The molecule has 1 aliphatic rings. The van der Waals surface area contributed by atoms with Crippen LogP contribution in [0.4, 0.5) is 4.79 Å². The second-order valence-corrected chi connectivity index (χ2v) is 5.57. The van der Waals surface area contributed by atoms with Crippen molar-refractivity contribution in [2.75, 3.05) is 0 Å². The standard InChI is InChI=1S/C10H11NO6S/c1-10(2)7-4-3-6(16-9(12)13)5-8(7)17-18(14,15)11-10/h3-5,11H,1-2H3,(H,12,13). The van der Waals surface area contributed by atoms with E-state index in [1.54, 1.807) is 19.9 Å². The lowest BCUT2D eigenvalue weighted by Gasteiger charge is -2.32. The van der Waals surface area contributed by atoms with Crippen LogP contribution in [0.5, 0.6) is 11.5 Å². The van der Waals surface area contributed by atoms with Gasteiger partial charge in [-0.25, -0.2) is 4.79 Å². The first kappa shape index (κ1) is 12.7. The SMILES string of the molecule is CC1(C)NS(=O)(=O)Oc2cc(OC(=O)O)ccc21. The van der Waals surface area contributed by atoms with Gasteiger partial charge in [0.05, 0.1) is 5.54 Å². The molecule has 1 aliphatic heterocycles. The number of benzene rings is 1. The van der Waals surface area contributed by atoms with Gasteiger partial charge in [-0.1, -0.05) is 0 Å². The van der Waals surface area contributed by atoms with E-state index in [9.17, 15) is 13.2 Å². The molecule has 1 heterocycles. The van der Waals surface area contributed by atoms with E-state index in [1.165, 1.54) is 12.1 Å². The smallest absolute Gasteiger partial charge is 0.449 e. The van der Waals surface area contributed by atoms with Gasteiger partial charge in [0.1, 0.15) is 5.75 Å². The molecule has 7 nitrogen and oxygen atoms in total. The van der Waals surface area contributed by atoms with Crippen molar-refractivity contribution in [3.8, 4) is 11.5 Å². The van der Waals surface area contributed by atoms with Crippen molar-refractivity contribution in [1.82, 2.24) is 4.72 Å². The topological polar surface area (TPSA) is 102 Å². The fourth-order valence-corrected chi connectivity index (χ4v) is 2.91. The number of hydrogen-bond donors (Lipinski definition) is 2. The molecule has 98 valence electrons. The zero-order chi connectivity index (χ0) is 13.6. The third-order valence-corrected chi connectivity index (χ3v) is 3.57. The maximum atomic E-state index is 11.5. The van der Waals surface area contributed by atoms with E-state index in [0.29, 0.717) is 5.56 Å². The van der Waals surface area contributed by atoms with Crippen LogP contribution in [0.2, 0.25) is 0 Å². The lowest BCUT2D eigenvalue weighted by molar-refractivity contribution is 0.144. The van der Waals surface area contributed by atoms with Crippen LogP contribution in [0.15, 0.2) is 18.2 Å². The minimum absolute atomic E-state index is 0.00542. The van der Waals surface area contributed by atoms with Gasteiger partial charge in [0.25, 0.3) is 0 Å². The van der Waals surface area contributed by atoms with Crippen molar-refractivity contribution < 1.29 is 27.2 Å². The minimum atomic E-state index is -3.90. The molecule has 0 atom stereocenters. The van der Waals surface area contributed by atoms with E-state index < -0.39 is 22.0 Å². The Balaban J connectivity index is 2.50. The molecule has 0 aromatic heterocycles. The number of rotatable bonds is 1. The summed E-state index contributed by atoms with van der Waals surface area (Å²) >= 11 is 0. The molecule has 0 bridgehead atoms. The molecule has 0 saturated carbocycles. The molecule has 8 heteroatoms. The summed E-state index contributed by atoms with van der Waals surface area (Å²) in [6.45, 7) is 3.34. The first-order valence-electron chi connectivity index (χ1n) is 4.98. The van der Waals surface area contributed by atoms with Gasteiger partial charge in [-0.3, -0.25) is 0 Å². The van der Waals surface area contributed by atoms with Gasteiger partial charge in [0, 0.05) is 11.6 Å². The highest BCUT2D eigenvalue weighted by Crippen LogP contribution is 2.37. The van der Waals surface area contributed by atoms with Crippen molar-refractivity contribution in [3.05, 3.63) is 23.8 Å². The molecule has 18 heavy (non-hydrogen) atoms. The number of carbonyl (C=O) groups is 1. The van der Waals surface area contributed by atoms with Crippen molar-refractivity contribution >= 4 is 16.5 Å². The van der Waals surface area contributed by atoms with Crippen LogP contribution in [-0.4, -0.2) is 19.7 Å². The molecule has 0 amide bonds. The monoisotopic (exact) mass is 273 g/mol. The Labute approximate surface area is 104 Å². The van der Waals surface area contributed by atoms with E-state index in [1.807, 2.05) is 0 Å². The molecular weight excluding hydrogens is 262 g/mol. The molecule has 0 unspecified atom stereocenters. The summed E-state index contributed by atoms with van der Waals surface area (Å²) in [6.07, 6.45) is -1.48. The number of ether oxygens (including phenoxy) is 1. The van der Waals surface area contributed by atoms with Gasteiger partial charge in [-0.05, 0) is 26.0 Å². The summed E-state index contributed by atoms with van der Waals surface area (Å²) in [5, 5.41) is 8.48. The number of fused-ring (bicyclic) bond motifs is 1. The molecule has 2 N–H and O–H groups in total. The quantitative estimate of drug-likeness (QED) is 0.589. The molecule has 0 fully saturated rings.